The molecule has 0 aromatic heterocycles. The van der Waals surface area contributed by atoms with Crippen LogP contribution >= 0.6 is 0 Å². The predicted octanol–water partition coefficient (Wildman–Crippen LogP) is 1.19. The average molecular weight is 378 g/mol. The highest BCUT2D eigenvalue weighted by atomic mass is 16.6. The van der Waals surface area contributed by atoms with Gasteiger partial charge in [-0.25, -0.2) is 9.59 Å². The molecule has 0 spiro atoms. The quantitative estimate of drug-likeness (QED) is 0.328. The summed E-state index contributed by atoms with van der Waals surface area (Å²) in [6.45, 7) is 6.86. The number of allylic oxidation sites excluding steroid dienone is 1. The van der Waals surface area contributed by atoms with Gasteiger partial charge in [-0.1, -0.05) is 18.2 Å². The molecule has 7 nitrogen and oxygen atoms in total. The molecule has 0 aromatic carbocycles. The van der Waals surface area contributed by atoms with Crippen LogP contribution in [0.5, 0.6) is 0 Å². The second-order valence-electron chi connectivity index (χ2n) is 7.58. The molecule has 148 valence electrons. The lowest BCUT2D eigenvalue weighted by Gasteiger charge is -2.28. The van der Waals surface area contributed by atoms with Crippen molar-refractivity contribution < 1.29 is 34.0 Å². The first kappa shape index (κ1) is 19.8. The standard InChI is InChI=1S/C20H26O7/c1-11-5-4-7-20(3)17(27-20)16-15(12(2)18(23)26-16)14(9-11)25-19(24)13(10-22)6-8-21/h5-6,14-17,21-22H,2,4,7-10H2,1,3H3/b11-5+,13-6+/t14-,15-,16-,17+,20+/m0/s1. The Labute approximate surface area is 158 Å². The van der Waals surface area contributed by atoms with Crippen LogP contribution in [0.25, 0.3) is 0 Å². The second kappa shape index (κ2) is 7.58. The number of carbonyl (C=O) groups is 2. The van der Waals surface area contributed by atoms with Crippen molar-refractivity contribution in [2.45, 2.75) is 57.0 Å². The van der Waals surface area contributed by atoms with E-state index in [1.807, 2.05) is 13.8 Å². The molecular formula is C20H26O7. The molecule has 3 rings (SSSR count). The van der Waals surface area contributed by atoms with Crippen molar-refractivity contribution in [2.75, 3.05) is 13.2 Å². The zero-order valence-corrected chi connectivity index (χ0v) is 15.6. The fraction of sp³-hybridized carbons (Fsp3) is 0.600. The number of rotatable bonds is 4. The summed E-state index contributed by atoms with van der Waals surface area (Å²) in [5.74, 6) is -1.76. The first-order valence-corrected chi connectivity index (χ1v) is 9.15. The molecular weight excluding hydrogens is 352 g/mol. The summed E-state index contributed by atoms with van der Waals surface area (Å²) in [5.41, 5.74) is 0.888. The minimum absolute atomic E-state index is 0.0314. The summed E-state index contributed by atoms with van der Waals surface area (Å²) >= 11 is 0. The number of fused-ring (bicyclic) bond motifs is 3. The van der Waals surface area contributed by atoms with E-state index in [0.717, 1.165) is 18.4 Å². The van der Waals surface area contributed by atoms with E-state index in [9.17, 15) is 14.7 Å². The lowest BCUT2D eigenvalue weighted by atomic mass is 9.82. The van der Waals surface area contributed by atoms with E-state index in [-0.39, 0.29) is 29.5 Å². The summed E-state index contributed by atoms with van der Waals surface area (Å²) in [5, 5.41) is 18.4. The van der Waals surface area contributed by atoms with Crippen molar-refractivity contribution >= 4 is 11.9 Å². The molecule has 5 atom stereocenters. The molecule has 2 saturated heterocycles. The van der Waals surface area contributed by atoms with Crippen molar-refractivity contribution in [3.8, 4) is 0 Å². The zero-order chi connectivity index (χ0) is 19.8. The summed E-state index contributed by atoms with van der Waals surface area (Å²) in [6, 6.07) is 0. The molecule has 27 heavy (non-hydrogen) atoms. The maximum Gasteiger partial charge on any atom is 0.336 e. The molecule has 0 unspecified atom stereocenters. The maximum absolute atomic E-state index is 12.5. The van der Waals surface area contributed by atoms with Crippen LogP contribution in [0.15, 0.2) is 35.5 Å². The average Bonchev–Trinajstić information content (AvgIpc) is 3.19. The fourth-order valence-corrected chi connectivity index (χ4v) is 3.95. The zero-order valence-electron chi connectivity index (χ0n) is 15.6. The SMILES string of the molecule is C=C1C(=O)O[C@H]2[C@@H]1[C@@H](OC(=O)/C(=C/CO)CO)C/C(C)=C/CC[C@@]1(C)O[C@H]21. The van der Waals surface area contributed by atoms with Gasteiger partial charge >= 0.3 is 11.9 Å². The summed E-state index contributed by atoms with van der Waals surface area (Å²) in [7, 11) is 0. The van der Waals surface area contributed by atoms with Gasteiger partial charge in [0.2, 0.25) is 0 Å². The number of epoxide rings is 1. The van der Waals surface area contributed by atoms with Crippen LogP contribution in [-0.4, -0.2) is 59.3 Å². The number of carbonyl (C=O) groups excluding carboxylic acids is 2. The van der Waals surface area contributed by atoms with Crippen LogP contribution in [0, 0.1) is 5.92 Å². The molecule has 3 aliphatic rings. The van der Waals surface area contributed by atoms with Gasteiger partial charge in [-0.15, -0.1) is 0 Å². The van der Waals surface area contributed by atoms with Crippen LogP contribution in [0.2, 0.25) is 0 Å². The van der Waals surface area contributed by atoms with E-state index in [2.05, 4.69) is 12.7 Å². The summed E-state index contributed by atoms with van der Waals surface area (Å²) in [4.78, 5) is 24.6. The van der Waals surface area contributed by atoms with Crippen molar-refractivity contribution in [3.63, 3.8) is 0 Å². The van der Waals surface area contributed by atoms with E-state index in [4.69, 9.17) is 19.3 Å². The third kappa shape index (κ3) is 3.85. The Morgan fingerprint density at radius 1 is 1.48 bits per heavy atom. The molecule has 2 fully saturated rings. The Bertz CT molecular complexity index is 707. The molecule has 0 aromatic rings. The highest BCUT2D eigenvalue weighted by Gasteiger charge is 2.63. The minimum Gasteiger partial charge on any atom is -0.458 e. The Hall–Kier alpha value is -1.96. The van der Waals surface area contributed by atoms with Gasteiger partial charge in [0.15, 0.2) is 0 Å². The number of aliphatic hydroxyl groups excluding tert-OH is 2. The van der Waals surface area contributed by atoms with E-state index >= 15 is 0 Å². The molecule has 7 heteroatoms. The molecule has 2 N–H and O–H groups in total. The van der Waals surface area contributed by atoms with Crippen LogP contribution in [0.4, 0.5) is 0 Å². The lowest BCUT2D eigenvalue weighted by Crippen LogP contribution is -2.38. The molecule has 1 aliphatic carbocycles. The van der Waals surface area contributed by atoms with Gasteiger partial charge in [0, 0.05) is 12.0 Å². The first-order chi connectivity index (χ1) is 12.8. The molecule has 0 radical (unpaired) electrons. The molecule has 0 bridgehead atoms. The Morgan fingerprint density at radius 3 is 2.89 bits per heavy atom. The van der Waals surface area contributed by atoms with Crippen molar-refractivity contribution in [3.05, 3.63) is 35.5 Å². The van der Waals surface area contributed by atoms with E-state index in [1.165, 1.54) is 6.08 Å². The summed E-state index contributed by atoms with van der Waals surface area (Å²) in [6.07, 6.45) is 3.85. The monoisotopic (exact) mass is 378 g/mol. The molecule has 0 amide bonds. The maximum atomic E-state index is 12.5. The number of hydrogen-bond donors (Lipinski definition) is 2. The van der Waals surface area contributed by atoms with E-state index in [0.29, 0.717) is 6.42 Å². The number of aliphatic hydroxyl groups is 2. The number of hydrogen-bond acceptors (Lipinski definition) is 7. The van der Waals surface area contributed by atoms with Crippen molar-refractivity contribution in [1.82, 2.24) is 0 Å². The highest BCUT2D eigenvalue weighted by molar-refractivity contribution is 5.92. The van der Waals surface area contributed by atoms with Crippen LogP contribution in [0.3, 0.4) is 0 Å². The smallest absolute Gasteiger partial charge is 0.336 e. The fourth-order valence-electron chi connectivity index (χ4n) is 3.95. The molecule has 0 saturated carbocycles. The van der Waals surface area contributed by atoms with E-state index in [1.54, 1.807) is 0 Å². The van der Waals surface area contributed by atoms with Gasteiger partial charge in [0.1, 0.15) is 18.3 Å². The van der Waals surface area contributed by atoms with Crippen LogP contribution in [0.1, 0.15) is 33.1 Å². The number of esters is 2. The lowest BCUT2D eigenvalue weighted by molar-refractivity contribution is -0.149. The Kier molecular flexibility index (Phi) is 5.55. The van der Waals surface area contributed by atoms with Crippen LogP contribution < -0.4 is 0 Å². The van der Waals surface area contributed by atoms with Crippen LogP contribution in [-0.2, 0) is 23.8 Å². The minimum atomic E-state index is -0.730. The van der Waals surface area contributed by atoms with Crippen molar-refractivity contribution in [1.29, 1.82) is 0 Å². The third-order valence-electron chi connectivity index (χ3n) is 5.59. The van der Waals surface area contributed by atoms with Gasteiger partial charge < -0.3 is 24.4 Å². The third-order valence-corrected chi connectivity index (χ3v) is 5.59. The predicted molar refractivity (Wildman–Crippen MR) is 95.5 cm³/mol. The normalized spacial score (nSPS) is 38.2. The Morgan fingerprint density at radius 2 is 2.22 bits per heavy atom. The van der Waals surface area contributed by atoms with Gasteiger partial charge in [-0.3, -0.25) is 0 Å². The van der Waals surface area contributed by atoms with Gasteiger partial charge in [0.05, 0.1) is 30.3 Å². The second-order valence-corrected chi connectivity index (χ2v) is 7.58. The number of ether oxygens (including phenoxy) is 3. The van der Waals surface area contributed by atoms with Gasteiger partial charge in [-0.2, -0.15) is 0 Å². The van der Waals surface area contributed by atoms with Gasteiger partial charge in [0.25, 0.3) is 0 Å². The largest absolute Gasteiger partial charge is 0.458 e. The van der Waals surface area contributed by atoms with Crippen molar-refractivity contribution in [2.24, 2.45) is 5.92 Å². The topological polar surface area (TPSA) is 106 Å². The molecule has 2 heterocycles. The molecule has 2 aliphatic heterocycles. The summed E-state index contributed by atoms with van der Waals surface area (Å²) < 4.78 is 17.1. The first-order valence-electron chi connectivity index (χ1n) is 9.15. The Balaban J connectivity index is 1.92. The highest BCUT2D eigenvalue weighted by Crippen LogP contribution is 2.50. The van der Waals surface area contributed by atoms with Gasteiger partial charge in [-0.05, 0) is 32.8 Å². The van der Waals surface area contributed by atoms with E-state index < -0.39 is 36.7 Å².